The van der Waals surface area contributed by atoms with Crippen molar-refractivity contribution in [2.45, 2.75) is 18.8 Å². The van der Waals surface area contributed by atoms with E-state index in [2.05, 4.69) is 38.7 Å². The average Bonchev–Trinajstić information content (AvgIpc) is 2.82. The maximum absolute atomic E-state index is 6.12. The summed E-state index contributed by atoms with van der Waals surface area (Å²) in [6.45, 7) is 4.41. The SMILES string of the molecule is CSCn1ccc2c(N3CCOC[C@H]3C)nc(Cl)nc21. The van der Waals surface area contributed by atoms with Gasteiger partial charge in [-0.1, -0.05) is 0 Å². The highest BCUT2D eigenvalue weighted by Gasteiger charge is 2.23. The molecule has 0 radical (unpaired) electrons. The zero-order valence-electron chi connectivity index (χ0n) is 11.5. The van der Waals surface area contributed by atoms with E-state index in [9.17, 15) is 0 Å². The molecule has 20 heavy (non-hydrogen) atoms. The van der Waals surface area contributed by atoms with Crippen molar-refractivity contribution >= 4 is 40.2 Å². The first-order valence-corrected chi connectivity index (χ1v) is 8.33. The predicted molar refractivity (Wildman–Crippen MR) is 83.7 cm³/mol. The van der Waals surface area contributed by atoms with Crippen LogP contribution >= 0.6 is 23.4 Å². The number of ether oxygens (including phenoxy) is 1. The van der Waals surface area contributed by atoms with Crippen LogP contribution in [-0.4, -0.2) is 46.6 Å². The Hall–Kier alpha value is -0.980. The van der Waals surface area contributed by atoms with E-state index in [1.54, 1.807) is 11.8 Å². The second-order valence-electron chi connectivity index (χ2n) is 4.87. The fourth-order valence-electron chi connectivity index (χ4n) is 2.53. The molecule has 1 saturated heterocycles. The van der Waals surface area contributed by atoms with Crippen LogP contribution in [0.5, 0.6) is 0 Å². The number of hydrogen-bond acceptors (Lipinski definition) is 5. The fraction of sp³-hybridized carbons (Fsp3) is 0.538. The highest BCUT2D eigenvalue weighted by Crippen LogP contribution is 2.29. The first-order valence-electron chi connectivity index (χ1n) is 6.56. The van der Waals surface area contributed by atoms with Gasteiger partial charge in [0.25, 0.3) is 0 Å². The summed E-state index contributed by atoms with van der Waals surface area (Å²) >= 11 is 7.87. The quantitative estimate of drug-likeness (QED) is 0.815. The Morgan fingerprint density at radius 3 is 3.10 bits per heavy atom. The number of thioether (sulfide) groups is 1. The van der Waals surface area contributed by atoms with Gasteiger partial charge in [-0.3, -0.25) is 0 Å². The van der Waals surface area contributed by atoms with Gasteiger partial charge < -0.3 is 14.2 Å². The molecule has 0 aromatic carbocycles. The zero-order valence-corrected chi connectivity index (χ0v) is 13.1. The lowest BCUT2D eigenvalue weighted by atomic mass is 10.2. The van der Waals surface area contributed by atoms with E-state index in [4.69, 9.17) is 16.3 Å². The summed E-state index contributed by atoms with van der Waals surface area (Å²) in [6, 6.07) is 2.36. The number of fused-ring (bicyclic) bond motifs is 1. The lowest BCUT2D eigenvalue weighted by molar-refractivity contribution is 0.0987. The van der Waals surface area contributed by atoms with Gasteiger partial charge in [-0.2, -0.15) is 9.97 Å². The number of nitrogens with zero attached hydrogens (tertiary/aromatic N) is 4. The van der Waals surface area contributed by atoms with Crippen molar-refractivity contribution in [1.82, 2.24) is 14.5 Å². The number of aromatic nitrogens is 3. The highest BCUT2D eigenvalue weighted by molar-refractivity contribution is 7.97. The van der Waals surface area contributed by atoms with Crippen molar-refractivity contribution in [2.75, 3.05) is 30.9 Å². The molecule has 108 valence electrons. The zero-order chi connectivity index (χ0) is 14.1. The third kappa shape index (κ3) is 2.47. The topological polar surface area (TPSA) is 43.2 Å². The fourth-order valence-corrected chi connectivity index (χ4v) is 3.17. The van der Waals surface area contributed by atoms with E-state index < -0.39 is 0 Å². The van der Waals surface area contributed by atoms with E-state index in [0.29, 0.717) is 17.9 Å². The van der Waals surface area contributed by atoms with Gasteiger partial charge in [0, 0.05) is 12.7 Å². The van der Waals surface area contributed by atoms with E-state index >= 15 is 0 Å². The smallest absolute Gasteiger partial charge is 0.226 e. The van der Waals surface area contributed by atoms with Gasteiger partial charge in [0.1, 0.15) is 11.5 Å². The Labute approximate surface area is 127 Å². The molecule has 1 atom stereocenters. The van der Waals surface area contributed by atoms with Crippen LogP contribution in [0.2, 0.25) is 5.28 Å². The van der Waals surface area contributed by atoms with Crippen molar-refractivity contribution in [3.05, 3.63) is 17.5 Å². The van der Waals surface area contributed by atoms with Gasteiger partial charge in [-0.05, 0) is 30.8 Å². The second-order valence-corrected chi connectivity index (χ2v) is 6.05. The lowest BCUT2D eigenvalue weighted by Gasteiger charge is -2.34. The van der Waals surface area contributed by atoms with Crippen molar-refractivity contribution < 1.29 is 4.74 Å². The van der Waals surface area contributed by atoms with Gasteiger partial charge in [0.05, 0.1) is 30.5 Å². The third-order valence-corrected chi connectivity index (χ3v) is 4.18. The minimum absolute atomic E-state index is 0.293. The predicted octanol–water partition coefficient (Wildman–Crippen LogP) is 2.63. The second kappa shape index (κ2) is 5.79. The first kappa shape index (κ1) is 14.0. The molecule has 0 amide bonds. The molecule has 0 saturated carbocycles. The number of rotatable bonds is 3. The molecule has 0 unspecified atom stereocenters. The molecule has 0 aliphatic carbocycles. The minimum atomic E-state index is 0.293. The number of anilines is 1. The van der Waals surface area contributed by atoms with Crippen LogP contribution in [0, 0.1) is 0 Å². The number of hydrogen-bond donors (Lipinski definition) is 0. The molecule has 7 heteroatoms. The summed E-state index contributed by atoms with van der Waals surface area (Å²) in [5.74, 6) is 1.77. The Kier molecular flexibility index (Phi) is 4.05. The molecule has 1 aliphatic rings. The molecule has 1 aliphatic heterocycles. The summed E-state index contributed by atoms with van der Waals surface area (Å²) in [5, 5.41) is 1.35. The highest BCUT2D eigenvalue weighted by atomic mass is 35.5. The molecular formula is C13H17ClN4OS. The van der Waals surface area contributed by atoms with Crippen molar-refractivity contribution in [1.29, 1.82) is 0 Å². The molecule has 2 aromatic rings. The molecule has 3 rings (SSSR count). The standard InChI is InChI=1S/C13H17ClN4OS/c1-9-7-19-6-5-18(9)12-10-3-4-17(8-20-2)11(10)15-13(14)16-12/h3-4,9H,5-8H2,1-2H3/t9-/m1/s1. The van der Waals surface area contributed by atoms with Crippen molar-refractivity contribution in [3.8, 4) is 0 Å². The molecule has 5 nitrogen and oxygen atoms in total. The van der Waals surface area contributed by atoms with Crippen LogP contribution in [0.15, 0.2) is 12.3 Å². The monoisotopic (exact) mass is 312 g/mol. The number of halogens is 1. The molecular weight excluding hydrogens is 296 g/mol. The van der Waals surface area contributed by atoms with Gasteiger partial charge in [0.15, 0.2) is 0 Å². The Morgan fingerprint density at radius 1 is 1.50 bits per heavy atom. The van der Waals surface area contributed by atoms with E-state index in [1.807, 2.05) is 6.20 Å². The first-order chi connectivity index (χ1) is 9.70. The summed E-state index contributed by atoms with van der Waals surface area (Å²) in [5.41, 5.74) is 0.896. The van der Waals surface area contributed by atoms with Gasteiger partial charge in [0.2, 0.25) is 5.28 Å². The van der Waals surface area contributed by atoms with Gasteiger partial charge in [-0.25, -0.2) is 0 Å². The summed E-state index contributed by atoms with van der Waals surface area (Å²) < 4.78 is 7.59. The van der Waals surface area contributed by atoms with E-state index in [0.717, 1.165) is 35.9 Å². The van der Waals surface area contributed by atoms with Crippen LogP contribution in [-0.2, 0) is 10.6 Å². The Balaban J connectivity index is 2.10. The van der Waals surface area contributed by atoms with Crippen molar-refractivity contribution in [3.63, 3.8) is 0 Å². The normalized spacial score (nSPS) is 19.8. The summed E-state index contributed by atoms with van der Waals surface area (Å²) in [7, 11) is 0. The van der Waals surface area contributed by atoms with Gasteiger partial charge >= 0.3 is 0 Å². The Bertz CT molecular complexity index is 618. The maximum Gasteiger partial charge on any atom is 0.226 e. The third-order valence-electron chi connectivity index (χ3n) is 3.48. The van der Waals surface area contributed by atoms with Gasteiger partial charge in [-0.15, -0.1) is 11.8 Å². The minimum Gasteiger partial charge on any atom is -0.377 e. The van der Waals surface area contributed by atoms with E-state index in [1.165, 1.54) is 0 Å². The molecule has 0 N–H and O–H groups in total. The largest absolute Gasteiger partial charge is 0.377 e. The number of morpholine rings is 1. The summed E-state index contributed by atoms with van der Waals surface area (Å²) in [6.07, 6.45) is 4.11. The van der Waals surface area contributed by atoms with Crippen LogP contribution in [0.4, 0.5) is 5.82 Å². The van der Waals surface area contributed by atoms with Crippen LogP contribution in [0.3, 0.4) is 0 Å². The summed E-state index contributed by atoms with van der Waals surface area (Å²) in [4.78, 5) is 11.1. The maximum atomic E-state index is 6.12. The van der Waals surface area contributed by atoms with Crippen LogP contribution < -0.4 is 4.90 Å². The molecule has 2 aromatic heterocycles. The Morgan fingerprint density at radius 2 is 2.35 bits per heavy atom. The van der Waals surface area contributed by atoms with E-state index in [-0.39, 0.29) is 0 Å². The molecule has 3 heterocycles. The van der Waals surface area contributed by atoms with Crippen LogP contribution in [0.25, 0.3) is 11.0 Å². The molecule has 0 bridgehead atoms. The lowest BCUT2D eigenvalue weighted by Crippen LogP contribution is -2.44. The average molecular weight is 313 g/mol. The molecule has 1 fully saturated rings. The van der Waals surface area contributed by atoms with Crippen LogP contribution in [0.1, 0.15) is 6.92 Å². The molecule has 0 spiro atoms. The van der Waals surface area contributed by atoms with Crippen molar-refractivity contribution in [2.24, 2.45) is 0 Å².